The van der Waals surface area contributed by atoms with Crippen LogP contribution in [0, 0.1) is 0 Å². The zero-order valence-corrected chi connectivity index (χ0v) is 14.2. The second kappa shape index (κ2) is 8.67. The molecule has 3 amide bonds. The minimum atomic E-state index is -0.635. The molecule has 2 rings (SSSR count). The smallest absolute Gasteiger partial charge is 0.321 e. The van der Waals surface area contributed by atoms with E-state index in [9.17, 15) is 14.4 Å². The van der Waals surface area contributed by atoms with E-state index in [2.05, 4.69) is 26.6 Å². The largest absolute Gasteiger partial charge is 0.455 e. The molecule has 0 saturated heterocycles. The highest BCUT2D eigenvalue weighted by molar-refractivity contribution is 9.10. The fraction of sp³-hybridized carbons (Fsp3) is 0.438. The van der Waals surface area contributed by atoms with E-state index in [1.165, 1.54) is 0 Å². The molecule has 0 unspecified atom stereocenters. The number of carbonyl (C=O) groups is 3. The molecule has 7 heteroatoms. The molecule has 0 aliphatic heterocycles. The van der Waals surface area contributed by atoms with Crippen LogP contribution >= 0.6 is 15.9 Å². The van der Waals surface area contributed by atoms with Crippen molar-refractivity contribution in [3.63, 3.8) is 0 Å². The van der Waals surface area contributed by atoms with Crippen molar-refractivity contribution < 1.29 is 19.1 Å². The summed E-state index contributed by atoms with van der Waals surface area (Å²) in [5, 5.41) is 4.89. The number of esters is 1. The Hall–Kier alpha value is -1.89. The lowest BCUT2D eigenvalue weighted by Gasteiger charge is -2.12. The van der Waals surface area contributed by atoms with Gasteiger partial charge in [0.15, 0.2) is 6.61 Å². The molecule has 1 aliphatic rings. The molecular weight excluding hydrogens is 364 g/mol. The fourth-order valence-electron chi connectivity index (χ4n) is 2.42. The number of hydrogen-bond acceptors (Lipinski definition) is 4. The van der Waals surface area contributed by atoms with Gasteiger partial charge >= 0.3 is 12.0 Å². The number of rotatable bonds is 5. The Balaban J connectivity index is 1.65. The van der Waals surface area contributed by atoms with E-state index in [1.54, 1.807) is 12.1 Å². The van der Waals surface area contributed by atoms with Crippen LogP contribution in [-0.4, -0.2) is 30.6 Å². The maximum atomic E-state index is 11.7. The highest BCUT2D eigenvalue weighted by atomic mass is 79.9. The van der Waals surface area contributed by atoms with Gasteiger partial charge in [0.1, 0.15) is 0 Å². The Labute approximate surface area is 143 Å². The zero-order chi connectivity index (χ0) is 16.7. The molecule has 1 aromatic rings. The van der Waals surface area contributed by atoms with Crippen LogP contribution in [-0.2, 0) is 20.7 Å². The molecule has 2 N–H and O–H groups in total. The summed E-state index contributed by atoms with van der Waals surface area (Å²) >= 11 is 3.31. The number of halogens is 1. The lowest BCUT2D eigenvalue weighted by atomic mass is 10.2. The highest BCUT2D eigenvalue weighted by Gasteiger charge is 2.18. The first-order valence-corrected chi connectivity index (χ1v) is 8.32. The van der Waals surface area contributed by atoms with Gasteiger partial charge in [0.2, 0.25) is 0 Å². The molecule has 0 atom stereocenters. The van der Waals surface area contributed by atoms with Gasteiger partial charge in [0, 0.05) is 10.5 Å². The van der Waals surface area contributed by atoms with Crippen molar-refractivity contribution in [2.75, 3.05) is 6.61 Å². The maximum absolute atomic E-state index is 11.7. The topological polar surface area (TPSA) is 84.5 Å². The van der Waals surface area contributed by atoms with E-state index >= 15 is 0 Å². The van der Waals surface area contributed by atoms with Crippen LogP contribution in [0.25, 0.3) is 0 Å². The number of hydrogen-bond donors (Lipinski definition) is 2. The van der Waals surface area contributed by atoms with Gasteiger partial charge in [0.05, 0.1) is 6.42 Å². The first-order valence-electron chi connectivity index (χ1n) is 7.53. The summed E-state index contributed by atoms with van der Waals surface area (Å²) in [6.45, 7) is -0.465. The van der Waals surface area contributed by atoms with E-state index in [0.717, 1.165) is 35.7 Å². The number of amides is 3. The van der Waals surface area contributed by atoms with Crippen molar-refractivity contribution in [2.24, 2.45) is 0 Å². The maximum Gasteiger partial charge on any atom is 0.321 e. The molecule has 0 aromatic heterocycles. The van der Waals surface area contributed by atoms with Crippen molar-refractivity contribution in [2.45, 2.75) is 38.1 Å². The molecule has 0 heterocycles. The lowest BCUT2D eigenvalue weighted by molar-refractivity contribution is -0.147. The number of ether oxygens (including phenoxy) is 1. The number of imide groups is 1. The minimum Gasteiger partial charge on any atom is -0.455 e. The van der Waals surface area contributed by atoms with Crippen molar-refractivity contribution >= 4 is 33.8 Å². The average Bonchev–Trinajstić information content (AvgIpc) is 3.00. The number of urea groups is 1. The number of carbonyl (C=O) groups excluding carboxylic acids is 3. The summed E-state index contributed by atoms with van der Waals surface area (Å²) in [6, 6.07) is 6.82. The Bertz CT molecular complexity index is 568. The highest BCUT2D eigenvalue weighted by Crippen LogP contribution is 2.17. The third-order valence-corrected chi connectivity index (χ3v) is 4.10. The van der Waals surface area contributed by atoms with E-state index in [-0.39, 0.29) is 12.5 Å². The Kier molecular flexibility index (Phi) is 6.58. The van der Waals surface area contributed by atoms with Gasteiger partial charge in [-0.25, -0.2) is 4.79 Å². The molecule has 0 bridgehead atoms. The third-order valence-electron chi connectivity index (χ3n) is 3.57. The molecule has 124 valence electrons. The first-order chi connectivity index (χ1) is 11.0. The predicted molar refractivity (Wildman–Crippen MR) is 87.7 cm³/mol. The Morgan fingerprint density at radius 2 is 1.78 bits per heavy atom. The molecule has 1 fully saturated rings. The standard InChI is InChI=1S/C16H19BrN2O4/c17-12-7-5-11(6-8-12)9-15(21)23-10-14(20)19-16(22)18-13-3-1-2-4-13/h5-8,13H,1-4,9-10H2,(H2,18,19,20,22). The molecule has 1 aliphatic carbocycles. The van der Waals surface area contributed by atoms with Gasteiger partial charge in [-0.05, 0) is 30.5 Å². The van der Waals surface area contributed by atoms with Crippen LogP contribution in [0.3, 0.4) is 0 Å². The van der Waals surface area contributed by atoms with Gasteiger partial charge in [-0.1, -0.05) is 40.9 Å². The molecule has 1 aromatic carbocycles. The summed E-state index contributed by atoms with van der Waals surface area (Å²) in [5.74, 6) is -1.15. The molecular formula is C16H19BrN2O4. The average molecular weight is 383 g/mol. The van der Waals surface area contributed by atoms with Crippen molar-refractivity contribution in [3.8, 4) is 0 Å². The Morgan fingerprint density at radius 3 is 2.43 bits per heavy atom. The van der Waals surface area contributed by atoms with E-state index in [4.69, 9.17) is 4.74 Å². The van der Waals surface area contributed by atoms with Crippen LogP contribution in [0.2, 0.25) is 0 Å². The molecule has 6 nitrogen and oxygen atoms in total. The summed E-state index contributed by atoms with van der Waals surface area (Å²) in [7, 11) is 0. The van der Waals surface area contributed by atoms with Gasteiger partial charge < -0.3 is 10.1 Å². The Morgan fingerprint density at radius 1 is 1.13 bits per heavy atom. The third kappa shape index (κ3) is 6.40. The summed E-state index contributed by atoms with van der Waals surface area (Å²) in [4.78, 5) is 34.8. The second-order valence-corrected chi connectivity index (χ2v) is 6.38. The predicted octanol–water partition coefficient (Wildman–Crippen LogP) is 2.30. The molecule has 23 heavy (non-hydrogen) atoms. The van der Waals surface area contributed by atoms with Crippen LogP contribution in [0.1, 0.15) is 31.2 Å². The summed E-state index contributed by atoms with van der Waals surface area (Å²) < 4.78 is 5.78. The van der Waals surface area contributed by atoms with E-state index < -0.39 is 24.5 Å². The lowest BCUT2D eigenvalue weighted by Crippen LogP contribution is -2.45. The van der Waals surface area contributed by atoms with Crippen molar-refractivity contribution in [3.05, 3.63) is 34.3 Å². The number of nitrogens with one attached hydrogen (secondary N) is 2. The zero-order valence-electron chi connectivity index (χ0n) is 12.6. The van der Waals surface area contributed by atoms with Crippen molar-refractivity contribution in [1.29, 1.82) is 0 Å². The van der Waals surface area contributed by atoms with Gasteiger partial charge in [-0.15, -0.1) is 0 Å². The van der Waals surface area contributed by atoms with E-state index in [0.29, 0.717) is 0 Å². The van der Waals surface area contributed by atoms with Crippen LogP contribution in [0.4, 0.5) is 4.79 Å². The van der Waals surface area contributed by atoms with Crippen LogP contribution < -0.4 is 10.6 Å². The minimum absolute atomic E-state index is 0.0782. The van der Waals surface area contributed by atoms with Gasteiger partial charge in [-0.2, -0.15) is 0 Å². The molecule has 0 spiro atoms. The molecule has 1 saturated carbocycles. The van der Waals surface area contributed by atoms with Crippen LogP contribution in [0.15, 0.2) is 28.7 Å². The fourth-order valence-corrected chi connectivity index (χ4v) is 2.68. The normalized spacial score (nSPS) is 14.3. The second-order valence-electron chi connectivity index (χ2n) is 5.47. The van der Waals surface area contributed by atoms with Crippen LogP contribution in [0.5, 0.6) is 0 Å². The van der Waals surface area contributed by atoms with Gasteiger partial charge in [-0.3, -0.25) is 14.9 Å². The number of benzene rings is 1. The summed E-state index contributed by atoms with van der Waals surface area (Å²) in [5.41, 5.74) is 0.789. The molecule has 0 radical (unpaired) electrons. The van der Waals surface area contributed by atoms with Gasteiger partial charge in [0.25, 0.3) is 5.91 Å². The monoisotopic (exact) mass is 382 g/mol. The first kappa shape index (κ1) is 17.5. The van der Waals surface area contributed by atoms with E-state index in [1.807, 2.05) is 12.1 Å². The SMILES string of the molecule is O=C(COC(=O)Cc1ccc(Br)cc1)NC(=O)NC1CCCC1. The summed E-state index contributed by atoms with van der Waals surface area (Å²) in [6.07, 6.45) is 4.13. The van der Waals surface area contributed by atoms with Crippen molar-refractivity contribution in [1.82, 2.24) is 10.6 Å². The quantitative estimate of drug-likeness (QED) is 0.765.